The number of pyridine rings is 1. The van der Waals surface area contributed by atoms with E-state index in [4.69, 9.17) is 10.2 Å². The number of halogens is 1. The van der Waals surface area contributed by atoms with Crippen LogP contribution in [0.5, 0.6) is 0 Å². The number of nitrogens with zero attached hydrogens (tertiary/aromatic N) is 1. The Morgan fingerprint density at radius 1 is 1.50 bits per heavy atom. The Kier molecular flexibility index (Phi) is 4.39. The summed E-state index contributed by atoms with van der Waals surface area (Å²) in [6.45, 7) is -0.664. The van der Waals surface area contributed by atoms with Gasteiger partial charge in [-0.2, -0.15) is 0 Å². The molecule has 6 nitrogen and oxygen atoms in total. The molecule has 16 heavy (non-hydrogen) atoms. The fourth-order valence-electron chi connectivity index (χ4n) is 0.963. The SMILES string of the molecule is O=C(NC(CO)C(=O)O)c1cncc(Br)c1. The second kappa shape index (κ2) is 5.57. The summed E-state index contributed by atoms with van der Waals surface area (Å²) in [5.74, 6) is -1.89. The van der Waals surface area contributed by atoms with Crippen molar-refractivity contribution in [3.05, 3.63) is 28.5 Å². The lowest BCUT2D eigenvalue weighted by atomic mass is 10.2. The molecule has 1 unspecified atom stereocenters. The van der Waals surface area contributed by atoms with Gasteiger partial charge in [0.1, 0.15) is 0 Å². The Morgan fingerprint density at radius 2 is 2.19 bits per heavy atom. The molecule has 0 aliphatic heterocycles. The molecule has 3 N–H and O–H groups in total. The lowest BCUT2D eigenvalue weighted by Gasteiger charge is -2.11. The van der Waals surface area contributed by atoms with Crippen LogP contribution in [-0.2, 0) is 4.79 Å². The Bertz CT molecular complexity index is 410. The number of hydrogen-bond donors (Lipinski definition) is 3. The second-order valence-electron chi connectivity index (χ2n) is 2.94. The van der Waals surface area contributed by atoms with Crippen LogP contribution in [0.1, 0.15) is 10.4 Å². The quantitative estimate of drug-likeness (QED) is 0.725. The van der Waals surface area contributed by atoms with Crippen molar-refractivity contribution in [1.82, 2.24) is 10.3 Å². The van der Waals surface area contributed by atoms with Crippen LogP contribution >= 0.6 is 15.9 Å². The van der Waals surface area contributed by atoms with Gasteiger partial charge in [-0.15, -0.1) is 0 Å². The molecule has 0 aromatic carbocycles. The predicted octanol–water partition coefficient (Wildman–Crippen LogP) is 0.0194. The van der Waals surface area contributed by atoms with E-state index in [0.29, 0.717) is 4.47 Å². The van der Waals surface area contributed by atoms with Crippen molar-refractivity contribution in [3.8, 4) is 0 Å². The van der Waals surface area contributed by atoms with E-state index in [1.165, 1.54) is 18.5 Å². The number of rotatable bonds is 4. The number of carbonyl (C=O) groups is 2. The first-order valence-electron chi connectivity index (χ1n) is 4.29. The molecule has 86 valence electrons. The molecule has 1 amide bonds. The van der Waals surface area contributed by atoms with Crippen LogP contribution in [0.4, 0.5) is 0 Å². The van der Waals surface area contributed by atoms with Gasteiger partial charge in [0.2, 0.25) is 0 Å². The number of aliphatic hydroxyl groups is 1. The van der Waals surface area contributed by atoms with Crippen molar-refractivity contribution >= 4 is 27.8 Å². The van der Waals surface area contributed by atoms with Gasteiger partial charge in [0.05, 0.1) is 12.2 Å². The Balaban J connectivity index is 2.75. The first-order valence-corrected chi connectivity index (χ1v) is 5.09. The molecule has 0 spiro atoms. The summed E-state index contributed by atoms with van der Waals surface area (Å²) in [6.07, 6.45) is 2.80. The van der Waals surface area contributed by atoms with E-state index in [2.05, 4.69) is 26.2 Å². The molecule has 1 aromatic heterocycles. The molecular formula is C9H9BrN2O4. The summed E-state index contributed by atoms with van der Waals surface area (Å²) in [7, 11) is 0. The van der Waals surface area contributed by atoms with Crippen LogP contribution in [-0.4, -0.2) is 39.7 Å². The van der Waals surface area contributed by atoms with Gasteiger partial charge in [-0.25, -0.2) is 4.79 Å². The topological polar surface area (TPSA) is 99.5 Å². The maximum absolute atomic E-state index is 11.5. The van der Waals surface area contributed by atoms with Crippen molar-refractivity contribution in [1.29, 1.82) is 0 Å². The normalized spacial score (nSPS) is 11.9. The van der Waals surface area contributed by atoms with Crippen LogP contribution in [0.25, 0.3) is 0 Å². The highest BCUT2D eigenvalue weighted by Crippen LogP contribution is 2.09. The smallest absolute Gasteiger partial charge is 0.328 e. The number of hydrogen-bond acceptors (Lipinski definition) is 4. The Labute approximate surface area is 99.4 Å². The number of amides is 1. The van der Waals surface area contributed by atoms with Crippen LogP contribution in [0.3, 0.4) is 0 Å². The average Bonchev–Trinajstić information content (AvgIpc) is 2.25. The number of aromatic nitrogens is 1. The molecule has 0 aliphatic carbocycles. The van der Waals surface area contributed by atoms with Crippen LogP contribution in [0.15, 0.2) is 22.9 Å². The monoisotopic (exact) mass is 288 g/mol. The first-order chi connectivity index (χ1) is 7.54. The van der Waals surface area contributed by atoms with E-state index < -0.39 is 24.5 Å². The van der Waals surface area contributed by atoms with E-state index in [1.807, 2.05) is 0 Å². The lowest BCUT2D eigenvalue weighted by molar-refractivity contribution is -0.140. The standard InChI is InChI=1S/C9H9BrN2O4/c10-6-1-5(2-11-3-6)8(14)12-7(4-13)9(15)16/h1-3,7,13H,4H2,(H,12,14)(H,15,16). The molecule has 0 aliphatic rings. The third-order valence-electron chi connectivity index (χ3n) is 1.75. The number of carboxylic acid groups (broad SMARTS) is 1. The molecule has 0 saturated heterocycles. The molecule has 1 heterocycles. The van der Waals surface area contributed by atoms with E-state index in [1.54, 1.807) is 0 Å². The number of aliphatic carboxylic acids is 1. The summed E-state index contributed by atoms with van der Waals surface area (Å²) >= 11 is 3.13. The minimum atomic E-state index is -1.31. The van der Waals surface area contributed by atoms with Crippen molar-refractivity contribution < 1.29 is 19.8 Å². The highest BCUT2D eigenvalue weighted by molar-refractivity contribution is 9.10. The zero-order valence-electron chi connectivity index (χ0n) is 8.05. The molecule has 7 heteroatoms. The molecule has 1 atom stereocenters. The lowest BCUT2D eigenvalue weighted by Crippen LogP contribution is -2.43. The molecule has 0 radical (unpaired) electrons. The fraction of sp³-hybridized carbons (Fsp3) is 0.222. The van der Waals surface area contributed by atoms with Gasteiger partial charge in [-0.3, -0.25) is 9.78 Å². The Morgan fingerprint density at radius 3 is 2.69 bits per heavy atom. The van der Waals surface area contributed by atoms with Gasteiger partial charge in [0.15, 0.2) is 6.04 Å². The van der Waals surface area contributed by atoms with Gasteiger partial charge in [-0.1, -0.05) is 0 Å². The third kappa shape index (κ3) is 3.28. The van der Waals surface area contributed by atoms with Gasteiger partial charge >= 0.3 is 5.97 Å². The highest BCUT2D eigenvalue weighted by Gasteiger charge is 2.19. The summed E-state index contributed by atoms with van der Waals surface area (Å²) in [6, 6.07) is 0.185. The van der Waals surface area contributed by atoms with Gasteiger partial charge in [-0.05, 0) is 22.0 Å². The second-order valence-corrected chi connectivity index (χ2v) is 3.85. The summed E-state index contributed by atoms with van der Waals surface area (Å²) in [4.78, 5) is 25.9. The van der Waals surface area contributed by atoms with E-state index in [0.717, 1.165) is 0 Å². The minimum Gasteiger partial charge on any atom is -0.480 e. The average molecular weight is 289 g/mol. The molecule has 0 saturated carbocycles. The van der Waals surface area contributed by atoms with Crippen molar-refractivity contribution in [2.24, 2.45) is 0 Å². The van der Waals surface area contributed by atoms with E-state index >= 15 is 0 Å². The molecule has 0 fully saturated rings. The first kappa shape index (κ1) is 12.6. The predicted molar refractivity (Wildman–Crippen MR) is 57.9 cm³/mol. The van der Waals surface area contributed by atoms with Crippen molar-refractivity contribution in [2.75, 3.05) is 6.61 Å². The van der Waals surface area contributed by atoms with Crippen LogP contribution in [0.2, 0.25) is 0 Å². The number of carboxylic acids is 1. The summed E-state index contributed by atoms with van der Waals surface area (Å²) < 4.78 is 0.607. The summed E-state index contributed by atoms with van der Waals surface area (Å²) in [5, 5.41) is 19.5. The number of aliphatic hydroxyl groups excluding tert-OH is 1. The highest BCUT2D eigenvalue weighted by atomic mass is 79.9. The fourth-order valence-corrected chi connectivity index (χ4v) is 1.33. The van der Waals surface area contributed by atoms with Gasteiger partial charge in [0, 0.05) is 16.9 Å². The van der Waals surface area contributed by atoms with E-state index in [-0.39, 0.29) is 5.56 Å². The maximum Gasteiger partial charge on any atom is 0.328 e. The van der Waals surface area contributed by atoms with Crippen molar-refractivity contribution in [2.45, 2.75) is 6.04 Å². The molecule has 1 rings (SSSR count). The van der Waals surface area contributed by atoms with Crippen molar-refractivity contribution in [3.63, 3.8) is 0 Å². The maximum atomic E-state index is 11.5. The van der Waals surface area contributed by atoms with E-state index in [9.17, 15) is 9.59 Å². The molecular weight excluding hydrogens is 280 g/mol. The zero-order chi connectivity index (χ0) is 12.1. The molecule has 1 aromatic rings. The zero-order valence-corrected chi connectivity index (χ0v) is 9.64. The third-order valence-corrected chi connectivity index (χ3v) is 2.19. The van der Waals surface area contributed by atoms with Gasteiger partial charge < -0.3 is 15.5 Å². The van der Waals surface area contributed by atoms with Gasteiger partial charge in [0.25, 0.3) is 5.91 Å². The van der Waals surface area contributed by atoms with Crippen LogP contribution in [0, 0.1) is 0 Å². The Hall–Kier alpha value is -1.47. The summed E-state index contributed by atoms with van der Waals surface area (Å²) in [5.41, 5.74) is 0.217. The van der Waals surface area contributed by atoms with Crippen LogP contribution < -0.4 is 5.32 Å². The minimum absolute atomic E-state index is 0.217. The number of carbonyl (C=O) groups excluding carboxylic acids is 1. The number of nitrogens with one attached hydrogen (secondary N) is 1. The molecule has 0 bridgehead atoms. The largest absolute Gasteiger partial charge is 0.480 e.